The van der Waals surface area contributed by atoms with E-state index in [0.29, 0.717) is 16.1 Å². The molecule has 0 spiro atoms. The molecule has 2 aromatic carbocycles. The number of ether oxygens (including phenoxy) is 1. The van der Waals surface area contributed by atoms with Gasteiger partial charge in [0.25, 0.3) is 5.22 Å². The van der Waals surface area contributed by atoms with Crippen LogP contribution in [0.3, 0.4) is 0 Å². The number of aliphatic hydroxyl groups is 1. The van der Waals surface area contributed by atoms with Crippen molar-refractivity contribution in [1.82, 2.24) is 10.2 Å². The molecule has 5 nitrogen and oxygen atoms in total. The summed E-state index contributed by atoms with van der Waals surface area (Å²) in [5.41, 5.74) is 0.757. The minimum absolute atomic E-state index is 0.0356. The SMILES string of the molecule is O[C@@H](COc1ccccc1F)CSc1nnc(-c2ccc(Cl)cc2)o1. The highest BCUT2D eigenvalue weighted by molar-refractivity contribution is 7.99. The molecule has 8 heteroatoms. The van der Waals surface area contributed by atoms with Gasteiger partial charge in [-0.15, -0.1) is 10.2 Å². The molecule has 3 rings (SSSR count). The Morgan fingerprint density at radius 1 is 1.16 bits per heavy atom. The van der Waals surface area contributed by atoms with Crippen molar-refractivity contribution in [2.45, 2.75) is 11.3 Å². The van der Waals surface area contributed by atoms with Gasteiger partial charge in [0, 0.05) is 16.3 Å². The van der Waals surface area contributed by atoms with Gasteiger partial charge in [0.05, 0.1) is 6.10 Å². The summed E-state index contributed by atoms with van der Waals surface area (Å²) in [7, 11) is 0. The van der Waals surface area contributed by atoms with Crippen LogP contribution < -0.4 is 4.74 Å². The Labute approximate surface area is 152 Å². The van der Waals surface area contributed by atoms with E-state index in [-0.39, 0.29) is 18.1 Å². The molecule has 0 fully saturated rings. The number of nitrogens with zero attached hydrogens (tertiary/aromatic N) is 2. The molecule has 0 aliphatic carbocycles. The van der Waals surface area contributed by atoms with Crippen LogP contribution in [0.1, 0.15) is 0 Å². The number of thioether (sulfide) groups is 1. The number of aliphatic hydroxyl groups excluding tert-OH is 1. The van der Waals surface area contributed by atoms with Crippen LogP contribution in [0.4, 0.5) is 4.39 Å². The monoisotopic (exact) mass is 380 g/mol. The summed E-state index contributed by atoms with van der Waals surface area (Å²) in [5.74, 6) is 0.286. The number of halogens is 2. The van der Waals surface area contributed by atoms with Crippen LogP contribution in [0.2, 0.25) is 5.02 Å². The number of rotatable bonds is 7. The Morgan fingerprint density at radius 3 is 2.68 bits per heavy atom. The molecular weight excluding hydrogens is 367 g/mol. The number of benzene rings is 2. The third-order valence-electron chi connectivity index (χ3n) is 3.16. The second kappa shape index (κ2) is 8.33. The summed E-state index contributed by atoms with van der Waals surface area (Å²) in [6, 6.07) is 13.1. The Bertz CT molecular complexity index is 829. The Kier molecular flexibility index (Phi) is 5.91. The lowest BCUT2D eigenvalue weighted by molar-refractivity contribution is 0.123. The lowest BCUT2D eigenvalue weighted by Gasteiger charge is -2.11. The predicted octanol–water partition coefficient (Wildman–Crippen LogP) is 4.06. The molecule has 1 N–H and O–H groups in total. The van der Waals surface area contributed by atoms with Gasteiger partial charge in [-0.05, 0) is 36.4 Å². The van der Waals surface area contributed by atoms with Crippen molar-refractivity contribution in [2.24, 2.45) is 0 Å². The minimum atomic E-state index is -0.810. The van der Waals surface area contributed by atoms with Gasteiger partial charge >= 0.3 is 0 Å². The second-order valence-electron chi connectivity index (χ2n) is 5.09. The Hall–Kier alpha value is -2.09. The molecule has 0 amide bonds. The molecule has 25 heavy (non-hydrogen) atoms. The minimum Gasteiger partial charge on any atom is -0.488 e. The van der Waals surface area contributed by atoms with Crippen LogP contribution in [-0.4, -0.2) is 33.8 Å². The van der Waals surface area contributed by atoms with Crippen LogP contribution >= 0.6 is 23.4 Å². The molecule has 0 aliphatic heterocycles. The first kappa shape index (κ1) is 17.7. The molecule has 0 aliphatic rings. The lowest BCUT2D eigenvalue weighted by Crippen LogP contribution is -2.20. The Balaban J connectivity index is 1.50. The highest BCUT2D eigenvalue weighted by Crippen LogP contribution is 2.25. The fourth-order valence-electron chi connectivity index (χ4n) is 1.94. The van der Waals surface area contributed by atoms with E-state index >= 15 is 0 Å². The second-order valence-corrected chi connectivity index (χ2v) is 6.49. The van der Waals surface area contributed by atoms with Crippen molar-refractivity contribution in [3.8, 4) is 17.2 Å². The normalized spacial score (nSPS) is 12.1. The molecule has 1 aromatic heterocycles. The maximum atomic E-state index is 13.4. The largest absolute Gasteiger partial charge is 0.488 e. The van der Waals surface area contributed by atoms with Gasteiger partial charge in [-0.1, -0.05) is 35.5 Å². The van der Waals surface area contributed by atoms with E-state index in [2.05, 4.69) is 10.2 Å². The molecule has 0 saturated carbocycles. The average Bonchev–Trinajstić information content (AvgIpc) is 3.09. The molecule has 130 valence electrons. The van der Waals surface area contributed by atoms with E-state index in [4.69, 9.17) is 20.8 Å². The highest BCUT2D eigenvalue weighted by atomic mass is 35.5. The van der Waals surface area contributed by atoms with Crippen LogP contribution in [0, 0.1) is 5.82 Å². The van der Waals surface area contributed by atoms with Crippen molar-refractivity contribution in [3.05, 3.63) is 59.4 Å². The third kappa shape index (κ3) is 4.94. The van der Waals surface area contributed by atoms with Gasteiger partial charge < -0.3 is 14.3 Å². The predicted molar refractivity (Wildman–Crippen MR) is 93.4 cm³/mol. The fourth-order valence-corrected chi connectivity index (χ4v) is 2.73. The lowest BCUT2D eigenvalue weighted by atomic mass is 10.2. The van der Waals surface area contributed by atoms with E-state index in [1.807, 2.05) is 0 Å². The molecule has 0 bridgehead atoms. The highest BCUT2D eigenvalue weighted by Gasteiger charge is 2.13. The van der Waals surface area contributed by atoms with E-state index in [1.165, 1.54) is 23.9 Å². The Morgan fingerprint density at radius 2 is 1.92 bits per heavy atom. The molecule has 0 unspecified atom stereocenters. The number of aromatic nitrogens is 2. The first-order valence-corrected chi connectivity index (χ1v) is 8.76. The molecule has 0 saturated heterocycles. The number of hydrogen-bond acceptors (Lipinski definition) is 6. The summed E-state index contributed by atoms with van der Waals surface area (Å²) in [6.45, 7) is -0.0356. The number of hydrogen-bond donors (Lipinski definition) is 1. The van der Waals surface area contributed by atoms with Gasteiger partial charge in [0.15, 0.2) is 11.6 Å². The number of para-hydroxylation sites is 1. The quantitative estimate of drug-likeness (QED) is 0.623. The summed E-state index contributed by atoms with van der Waals surface area (Å²) in [4.78, 5) is 0. The maximum Gasteiger partial charge on any atom is 0.276 e. The van der Waals surface area contributed by atoms with Gasteiger partial charge in [-0.3, -0.25) is 0 Å². The molecule has 1 atom stereocenters. The zero-order valence-electron chi connectivity index (χ0n) is 12.9. The van der Waals surface area contributed by atoms with Crippen molar-refractivity contribution >= 4 is 23.4 Å². The topological polar surface area (TPSA) is 68.4 Å². The maximum absolute atomic E-state index is 13.4. The zero-order chi connectivity index (χ0) is 17.6. The molecule has 3 aromatic rings. The van der Waals surface area contributed by atoms with Crippen LogP contribution in [0.15, 0.2) is 58.2 Å². The summed E-state index contributed by atoms with van der Waals surface area (Å²) >= 11 is 7.04. The molecular formula is C17H14ClFN2O3S. The summed E-state index contributed by atoms with van der Waals surface area (Å²) in [6.07, 6.45) is -0.810. The average molecular weight is 381 g/mol. The van der Waals surface area contributed by atoms with Crippen LogP contribution in [0.25, 0.3) is 11.5 Å². The van der Waals surface area contributed by atoms with Crippen molar-refractivity contribution in [2.75, 3.05) is 12.4 Å². The first-order valence-electron chi connectivity index (χ1n) is 7.39. The van der Waals surface area contributed by atoms with Crippen molar-refractivity contribution in [3.63, 3.8) is 0 Å². The third-order valence-corrected chi connectivity index (χ3v) is 4.38. The zero-order valence-corrected chi connectivity index (χ0v) is 14.5. The van der Waals surface area contributed by atoms with Gasteiger partial charge in [-0.2, -0.15) is 0 Å². The van der Waals surface area contributed by atoms with Gasteiger partial charge in [0.1, 0.15) is 6.61 Å². The first-order chi connectivity index (χ1) is 12.1. The van der Waals surface area contributed by atoms with Crippen molar-refractivity contribution in [1.29, 1.82) is 0 Å². The fraction of sp³-hybridized carbons (Fsp3) is 0.176. The van der Waals surface area contributed by atoms with Crippen LogP contribution in [0.5, 0.6) is 5.75 Å². The van der Waals surface area contributed by atoms with Crippen molar-refractivity contribution < 1.29 is 18.7 Å². The van der Waals surface area contributed by atoms with Gasteiger partial charge in [0.2, 0.25) is 5.89 Å². The molecule has 1 heterocycles. The van der Waals surface area contributed by atoms with E-state index < -0.39 is 11.9 Å². The van der Waals surface area contributed by atoms with E-state index in [1.54, 1.807) is 36.4 Å². The van der Waals surface area contributed by atoms with E-state index in [9.17, 15) is 9.50 Å². The molecule has 0 radical (unpaired) electrons. The van der Waals surface area contributed by atoms with Gasteiger partial charge in [-0.25, -0.2) is 4.39 Å². The summed E-state index contributed by atoms with van der Waals surface area (Å²) < 4.78 is 24.2. The van der Waals surface area contributed by atoms with Crippen LogP contribution in [-0.2, 0) is 0 Å². The standard InChI is InChI=1S/C17H14ClFN2O3S/c18-12-7-5-11(6-8-12)16-20-21-17(24-16)25-10-13(22)9-23-15-4-2-1-3-14(15)19/h1-8,13,22H,9-10H2/t13-/m0/s1. The van der Waals surface area contributed by atoms with E-state index in [0.717, 1.165) is 5.56 Å². The summed E-state index contributed by atoms with van der Waals surface area (Å²) in [5, 5.41) is 18.8. The smallest absolute Gasteiger partial charge is 0.276 e.